The molecule has 0 aromatic heterocycles. The number of benzene rings is 2. The van der Waals surface area contributed by atoms with Gasteiger partial charge in [0.2, 0.25) is 47.3 Å². The Balaban J connectivity index is 1.62. The van der Waals surface area contributed by atoms with E-state index in [2.05, 4.69) is 91.1 Å². The van der Waals surface area contributed by atoms with Gasteiger partial charge in [0.05, 0.1) is 61.8 Å². The van der Waals surface area contributed by atoms with Crippen LogP contribution in [0.4, 0.5) is 15.3 Å². The minimum Gasteiger partial charge on any atom is -0.481 e. The van der Waals surface area contributed by atoms with Gasteiger partial charge in [-0.2, -0.15) is 0 Å². The molecule has 1 heterocycles. The number of nitrogens with two attached hydrogens (primary N) is 1. The van der Waals surface area contributed by atoms with Crippen molar-refractivity contribution in [2.24, 2.45) is 35.3 Å². The van der Waals surface area contributed by atoms with Gasteiger partial charge in [-0.15, -0.1) is 0 Å². The van der Waals surface area contributed by atoms with Crippen LogP contribution in [-0.2, 0) is 70.4 Å². The first-order valence-electron chi connectivity index (χ1n) is 38.5. The number of nitrogens with one attached hydrogen (secondary N) is 8. The summed E-state index contributed by atoms with van der Waals surface area (Å²) in [7, 11) is 4.23. The van der Waals surface area contributed by atoms with E-state index >= 15 is 0 Å². The van der Waals surface area contributed by atoms with E-state index in [0.29, 0.717) is 88.0 Å². The van der Waals surface area contributed by atoms with Gasteiger partial charge in [0.15, 0.2) is 0 Å². The van der Waals surface area contributed by atoms with Gasteiger partial charge < -0.3 is 82.7 Å². The highest BCUT2D eigenvalue weighted by Crippen LogP contribution is 2.40. The smallest absolute Gasteiger partial charge is 0.410 e. The molecule has 28 nitrogen and oxygen atoms in total. The van der Waals surface area contributed by atoms with Crippen LogP contribution in [0.1, 0.15) is 214 Å². The number of likely N-dealkylation sites (N-methyl/N-ethyl adjacent to an activating group) is 1. The number of ether oxygens (including phenoxy) is 3. The number of unbranched alkanes of at least 4 members (excludes halogenated alkanes) is 3. The van der Waals surface area contributed by atoms with Gasteiger partial charge in [-0.25, -0.2) is 9.59 Å². The first kappa shape index (κ1) is 94.0. The number of hydrogen-bond donors (Lipinski definition) is 12. The third kappa shape index (κ3) is 31.0. The third-order valence-corrected chi connectivity index (χ3v) is 22.7. The first-order valence-corrected chi connectivity index (χ1v) is 39.6. The molecule has 1 aliphatic rings. The number of urea groups is 1. The number of nitrogens with zero attached hydrogens (tertiary/aromatic N) is 2. The topological polar surface area (TPSA) is 405 Å². The van der Waals surface area contributed by atoms with Crippen molar-refractivity contribution in [3.63, 3.8) is 0 Å². The summed E-state index contributed by atoms with van der Waals surface area (Å²) in [6.45, 7) is 20.2. The van der Waals surface area contributed by atoms with Crippen LogP contribution in [0.25, 0.3) is 0 Å². The average Bonchev–Trinajstić information content (AvgIpc) is 1.78. The molecule has 3 rings (SSSR count). The van der Waals surface area contributed by atoms with Gasteiger partial charge in [0.1, 0.15) is 30.8 Å². The maximum absolute atomic E-state index is 14.5. The van der Waals surface area contributed by atoms with E-state index in [0.717, 1.165) is 42.6 Å². The summed E-state index contributed by atoms with van der Waals surface area (Å²) >= 11 is 2.20. The molecule has 1 fully saturated rings. The fraction of sp³-hybridized carbons (Fsp3) is 0.705. The molecule has 13 N–H and O–H groups in total. The lowest BCUT2D eigenvalue weighted by Gasteiger charge is -2.37. The van der Waals surface area contributed by atoms with Crippen LogP contribution in [0.5, 0.6) is 0 Å². The molecule has 29 heteroatoms. The minimum atomic E-state index is -1.51. The van der Waals surface area contributed by atoms with E-state index in [-0.39, 0.29) is 75.5 Å². The van der Waals surface area contributed by atoms with Gasteiger partial charge in [-0.1, -0.05) is 167 Å². The van der Waals surface area contributed by atoms with Gasteiger partial charge >= 0.3 is 18.1 Å². The Morgan fingerprint density at radius 1 is 0.692 bits per heavy atom. The summed E-state index contributed by atoms with van der Waals surface area (Å²) in [6, 6.07) is 7.14. The maximum Gasteiger partial charge on any atom is 0.410 e. The number of aliphatic carboxylic acids is 1. The molecule has 2 aromatic carbocycles. The highest BCUT2D eigenvalue weighted by atomic mass is 127. The molecule has 0 radical (unpaired) electrons. The number of methoxy groups -OCH3 is 2. The predicted molar refractivity (Wildman–Crippen MR) is 419 cm³/mol. The molecule has 14 atom stereocenters. The molecule has 0 spiro atoms. The number of amides is 11. The molecule has 0 aliphatic carbocycles. The van der Waals surface area contributed by atoms with Crippen LogP contribution < -0.4 is 48.3 Å². The Morgan fingerprint density at radius 3 is 1.93 bits per heavy atom. The number of halogens is 1. The summed E-state index contributed by atoms with van der Waals surface area (Å²) in [6.07, 6.45) is 7.65. The van der Waals surface area contributed by atoms with Gasteiger partial charge in [-0.05, 0) is 123 Å². The van der Waals surface area contributed by atoms with Crippen molar-refractivity contribution in [1.29, 1.82) is 0 Å². The second-order valence-electron chi connectivity index (χ2n) is 29.2. The van der Waals surface area contributed by atoms with Crippen molar-refractivity contribution >= 4 is 93.6 Å². The quantitative estimate of drug-likeness (QED) is 0.0170. The fourth-order valence-corrected chi connectivity index (χ4v) is 14.5. The minimum absolute atomic E-state index is 0.0600. The molecular weight excluding hydrogens is 1490 g/mol. The van der Waals surface area contributed by atoms with Crippen LogP contribution in [0, 0.1) is 29.6 Å². The number of likely N-dealkylation sites (tertiary alicyclic amines) is 1. The molecule has 1 aliphatic heterocycles. The molecule has 0 saturated carbocycles. The second-order valence-corrected chi connectivity index (χ2v) is 31.4. The largest absolute Gasteiger partial charge is 0.481 e. The number of anilines is 1. The number of hydrogen-bond acceptors (Lipinski definition) is 16. The number of aliphatic hydroxyl groups excluding tert-OH is 2. The van der Waals surface area contributed by atoms with Gasteiger partial charge in [-0.3, -0.25) is 48.1 Å². The number of rotatable bonds is 51. The molecule has 1 saturated heterocycles. The Hall–Kier alpha value is -7.22. The SMILES string of the molecule is CCCCC(I)(CC)C(CC(=O)NCCCCCC(=O)N[C@H](C(=O)N[C@@H](CCCNC(N)=O)C(=O)Nc1ccc(COC(=O)N(C)[C@@H](CO)C(=O)N[C@H](C(=O)N[C@@H]([C@@H](C)CC)[C@@H](CC(=O)N2CCC[C@H]2[C@H](OC)[C@@H](C)C(=O)N[C@H](CO)Cc2cccc(C(CC)CCC)c2)OC)C(C)C)cc1)C(C)C)C(=O)O. The summed E-state index contributed by atoms with van der Waals surface area (Å²) in [5.74, 6) is -7.23. The molecule has 11 amide bonds. The van der Waals surface area contributed by atoms with Crippen molar-refractivity contribution in [3.05, 3.63) is 65.2 Å². The number of primary amides is 1. The number of carbonyl (C=O) groups is 11. The van der Waals surface area contributed by atoms with Crippen molar-refractivity contribution in [1.82, 2.24) is 47.0 Å². The summed E-state index contributed by atoms with van der Waals surface area (Å²) in [5, 5.41) is 53.4. The lowest BCUT2D eigenvalue weighted by molar-refractivity contribution is -0.145. The number of alkyl halides is 1. The number of carboxylic acid groups (broad SMARTS) is 1. The van der Waals surface area contributed by atoms with E-state index in [1.807, 2.05) is 39.8 Å². The standard InChI is InChI=1S/C78H128IN11O17/c1-15-20-37-78(79,19-5)58(75(101)102)43-64(94)81-38-23-21-22-32-63(93)86-66(48(6)7)73(99)85-59(30-25-39-82-76(80)103)71(97)83-56-35-33-52(34-36-56)47-107-77(104)89(12)61(46-92)72(98)87-67(49(8)9)74(100)88-68(50(10)17-3)62(105-13)44-65(95)90-40-26-31-60(90)69(106-14)51(11)70(96)84-57(45-91)42-53-28-24-29-55(41-53)54(18-4)27-16-2/h24,28-29,33-36,41,48-51,54,57-62,66-69,91-92H,15-23,25-27,30-32,37-40,42-47H2,1-14H3,(H,81,94)(H,83,97)(H,84,96)(H,85,99)(H,86,93)(H,87,98)(H,88,100)(H,101,102)(H3,80,82,103)/t50-,51+,54?,57-,58?,59-,60-,61-,62+,66-,67-,68-,69+,78?/m0/s1. The monoisotopic (exact) mass is 1620 g/mol. The Morgan fingerprint density at radius 2 is 1.36 bits per heavy atom. The second kappa shape index (κ2) is 49.0. The van der Waals surface area contributed by atoms with Crippen LogP contribution >= 0.6 is 22.6 Å². The Labute approximate surface area is 648 Å². The zero-order valence-electron chi connectivity index (χ0n) is 65.9. The van der Waals surface area contributed by atoms with Crippen molar-refractivity contribution in [3.8, 4) is 0 Å². The van der Waals surface area contributed by atoms with E-state index < -0.39 is 136 Å². The third-order valence-electron chi connectivity index (χ3n) is 20.6. The summed E-state index contributed by atoms with van der Waals surface area (Å²) in [4.78, 5) is 150. The lowest BCUT2D eigenvalue weighted by atomic mass is 9.83. The van der Waals surface area contributed by atoms with E-state index in [4.69, 9.17) is 19.9 Å². The average molecular weight is 1620 g/mol. The van der Waals surface area contributed by atoms with Gasteiger partial charge in [0, 0.05) is 62.9 Å². The predicted octanol–water partition coefficient (Wildman–Crippen LogP) is 7.90. The van der Waals surface area contributed by atoms with E-state index in [9.17, 15) is 68.1 Å². The van der Waals surface area contributed by atoms with Crippen LogP contribution in [0.2, 0.25) is 0 Å². The van der Waals surface area contributed by atoms with Crippen molar-refractivity contribution in [2.75, 3.05) is 59.4 Å². The number of carboxylic acids is 1. The van der Waals surface area contributed by atoms with E-state index in [1.165, 1.54) is 39.0 Å². The molecule has 0 bridgehead atoms. The summed E-state index contributed by atoms with van der Waals surface area (Å²) < 4.78 is 17.0. The Bertz CT molecular complexity index is 3130. The van der Waals surface area contributed by atoms with Crippen molar-refractivity contribution < 1.29 is 82.3 Å². The van der Waals surface area contributed by atoms with Crippen LogP contribution in [0.15, 0.2) is 48.5 Å². The molecule has 2 aromatic rings. The Kier molecular flexibility index (Phi) is 43.1. The molecule has 604 valence electrons. The van der Waals surface area contributed by atoms with Crippen LogP contribution in [-0.4, -0.2) is 203 Å². The van der Waals surface area contributed by atoms with E-state index in [1.54, 1.807) is 51.7 Å². The lowest BCUT2D eigenvalue weighted by Crippen LogP contribution is -2.60. The van der Waals surface area contributed by atoms with Crippen molar-refractivity contribution in [2.45, 2.75) is 269 Å². The molecular formula is C78H128IN11O17. The highest BCUT2D eigenvalue weighted by Gasteiger charge is 2.44. The normalized spacial score (nSPS) is 16.9. The summed E-state index contributed by atoms with van der Waals surface area (Å²) in [5.41, 5.74) is 8.28. The highest BCUT2D eigenvalue weighted by molar-refractivity contribution is 14.1. The zero-order chi connectivity index (χ0) is 80.1. The van der Waals surface area contributed by atoms with Gasteiger partial charge in [0.25, 0.3) is 0 Å². The molecule has 107 heavy (non-hydrogen) atoms. The first-order chi connectivity index (χ1) is 50.8. The van der Waals surface area contributed by atoms with Crippen LogP contribution in [0.3, 0.4) is 0 Å². The number of carbonyl (C=O) groups excluding carboxylic acids is 10. The zero-order valence-corrected chi connectivity index (χ0v) is 68.0. The fourth-order valence-electron chi connectivity index (χ4n) is 13.7. The molecule has 3 unspecified atom stereocenters. The maximum atomic E-state index is 14.5. The number of aliphatic hydroxyl groups is 2.